The van der Waals surface area contributed by atoms with Crippen LogP contribution < -0.4 is 11.1 Å². The minimum Gasteiger partial charge on any atom is -0.464 e. The van der Waals surface area contributed by atoms with Crippen LogP contribution in [0.5, 0.6) is 0 Å². The zero-order chi connectivity index (χ0) is 15.9. The number of nitrogens with one attached hydrogen (secondary N) is 1. The molecule has 4 heteroatoms. The van der Waals surface area contributed by atoms with Crippen molar-refractivity contribution in [3.05, 3.63) is 35.1 Å². The Hall–Kier alpha value is -1.81. The lowest BCUT2D eigenvalue weighted by molar-refractivity contribution is -0.122. The van der Waals surface area contributed by atoms with Crippen LogP contribution in [0.2, 0.25) is 0 Å². The molecule has 1 aromatic heterocycles. The van der Waals surface area contributed by atoms with Gasteiger partial charge in [-0.25, -0.2) is 0 Å². The van der Waals surface area contributed by atoms with E-state index in [2.05, 4.69) is 17.4 Å². The molecule has 0 unspecified atom stereocenters. The predicted octanol–water partition coefficient (Wildman–Crippen LogP) is 2.85. The molecule has 2 aliphatic rings. The summed E-state index contributed by atoms with van der Waals surface area (Å²) in [5.74, 6) is 0.0561. The highest BCUT2D eigenvalue weighted by atomic mass is 16.3. The molecule has 122 valence electrons. The first-order chi connectivity index (χ1) is 11.2. The molecule has 2 aliphatic carbocycles. The third kappa shape index (κ3) is 2.65. The van der Waals surface area contributed by atoms with E-state index in [1.807, 2.05) is 0 Å². The van der Waals surface area contributed by atoms with Crippen LogP contribution in [0, 0.1) is 0 Å². The van der Waals surface area contributed by atoms with E-state index in [1.165, 1.54) is 17.5 Å². The number of benzene rings is 1. The maximum absolute atomic E-state index is 12.5. The number of nitrogens with two attached hydrogens (primary N) is 1. The topological polar surface area (TPSA) is 68.3 Å². The molecule has 23 heavy (non-hydrogen) atoms. The summed E-state index contributed by atoms with van der Waals surface area (Å²) in [4.78, 5) is 12.5. The molecule has 0 spiro atoms. The molecular formula is C19H24N2O2. The number of fused-ring (bicyclic) bond motifs is 2. The smallest absolute Gasteiger partial charge is 0.225 e. The fraction of sp³-hybridized carbons (Fsp3) is 0.526. The van der Waals surface area contributed by atoms with Crippen molar-refractivity contribution < 1.29 is 9.21 Å². The SMILES string of the molecule is NCC1(NC(=O)Cc2coc3cc4c(cc23)CCC4)CCCC1. The van der Waals surface area contributed by atoms with Gasteiger partial charge in [0, 0.05) is 17.5 Å². The van der Waals surface area contributed by atoms with Gasteiger partial charge in [0.15, 0.2) is 0 Å². The molecule has 4 rings (SSSR count). The Bertz CT molecular complexity index is 741. The minimum absolute atomic E-state index is 0.0561. The molecule has 1 amide bonds. The Balaban J connectivity index is 1.54. The van der Waals surface area contributed by atoms with E-state index in [-0.39, 0.29) is 11.4 Å². The number of furan rings is 1. The summed E-state index contributed by atoms with van der Waals surface area (Å²) in [5, 5.41) is 4.28. The first-order valence-electron chi connectivity index (χ1n) is 8.72. The first-order valence-corrected chi connectivity index (χ1v) is 8.72. The number of aryl methyl sites for hydroxylation is 2. The maximum Gasteiger partial charge on any atom is 0.225 e. The standard InChI is InChI=1S/C19H24N2O2/c20-12-19(6-1-2-7-19)21-18(22)10-15-11-23-17-9-14-5-3-4-13(14)8-16(15)17/h8-9,11H,1-7,10,12,20H2,(H,21,22). The van der Waals surface area contributed by atoms with Crippen LogP contribution in [0.3, 0.4) is 0 Å². The average molecular weight is 312 g/mol. The summed E-state index contributed by atoms with van der Waals surface area (Å²) in [6.07, 6.45) is 9.90. The highest BCUT2D eigenvalue weighted by Gasteiger charge is 2.33. The van der Waals surface area contributed by atoms with Gasteiger partial charge in [-0.2, -0.15) is 0 Å². The van der Waals surface area contributed by atoms with Crippen molar-refractivity contribution >= 4 is 16.9 Å². The molecule has 1 saturated carbocycles. The van der Waals surface area contributed by atoms with Crippen molar-refractivity contribution in [3.63, 3.8) is 0 Å². The minimum atomic E-state index is -0.183. The van der Waals surface area contributed by atoms with E-state index in [1.54, 1.807) is 6.26 Å². The van der Waals surface area contributed by atoms with Gasteiger partial charge in [0.1, 0.15) is 5.58 Å². The molecular weight excluding hydrogens is 288 g/mol. The Kier molecular flexibility index (Phi) is 3.64. The molecule has 2 aromatic rings. The van der Waals surface area contributed by atoms with E-state index >= 15 is 0 Å². The fourth-order valence-electron chi connectivity index (χ4n) is 4.23. The van der Waals surface area contributed by atoms with E-state index in [9.17, 15) is 4.79 Å². The number of hydrogen-bond acceptors (Lipinski definition) is 3. The molecule has 0 radical (unpaired) electrons. The Morgan fingerprint density at radius 1 is 1.17 bits per heavy atom. The Morgan fingerprint density at radius 2 is 1.91 bits per heavy atom. The summed E-state index contributed by atoms with van der Waals surface area (Å²) < 4.78 is 5.69. The van der Waals surface area contributed by atoms with Gasteiger partial charge in [-0.05, 0) is 55.4 Å². The quantitative estimate of drug-likeness (QED) is 0.912. The van der Waals surface area contributed by atoms with Crippen molar-refractivity contribution in [2.24, 2.45) is 5.73 Å². The normalized spacial score (nSPS) is 19.2. The molecule has 1 aromatic carbocycles. The summed E-state index contributed by atoms with van der Waals surface area (Å²) in [5.41, 5.74) is 10.4. The van der Waals surface area contributed by atoms with Crippen LogP contribution in [-0.2, 0) is 24.1 Å². The number of carbonyl (C=O) groups excluding carboxylic acids is 1. The summed E-state index contributed by atoms with van der Waals surface area (Å²) in [7, 11) is 0. The van der Waals surface area contributed by atoms with Gasteiger partial charge in [0.2, 0.25) is 5.91 Å². The van der Waals surface area contributed by atoms with Crippen molar-refractivity contribution in [3.8, 4) is 0 Å². The molecule has 3 N–H and O–H groups in total. The number of rotatable bonds is 4. The molecule has 4 nitrogen and oxygen atoms in total. The van der Waals surface area contributed by atoms with Crippen LogP contribution >= 0.6 is 0 Å². The van der Waals surface area contributed by atoms with Crippen LogP contribution in [0.1, 0.15) is 48.8 Å². The molecule has 0 saturated heterocycles. The van der Waals surface area contributed by atoms with Gasteiger partial charge in [-0.3, -0.25) is 4.79 Å². The number of amides is 1. The fourth-order valence-corrected chi connectivity index (χ4v) is 4.23. The second-order valence-corrected chi connectivity index (χ2v) is 7.15. The van der Waals surface area contributed by atoms with Crippen molar-refractivity contribution in [2.75, 3.05) is 6.54 Å². The lowest BCUT2D eigenvalue weighted by Crippen LogP contribution is -2.52. The van der Waals surface area contributed by atoms with Gasteiger partial charge in [0.25, 0.3) is 0 Å². The van der Waals surface area contributed by atoms with Gasteiger partial charge in [-0.1, -0.05) is 12.8 Å². The van der Waals surface area contributed by atoms with Crippen molar-refractivity contribution in [2.45, 2.75) is 56.9 Å². The predicted molar refractivity (Wildman–Crippen MR) is 90.3 cm³/mol. The van der Waals surface area contributed by atoms with Crippen molar-refractivity contribution in [1.29, 1.82) is 0 Å². The Morgan fingerprint density at radius 3 is 2.65 bits per heavy atom. The molecule has 0 atom stereocenters. The summed E-state index contributed by atoms with van der Waals surface area (Å²) in [6.45, 7) is 0.526. The van der Waals surface area contributed by atoms with Gasteiger partial charge in [0.05, 0.1) is 18.2 Å². The second-order valence-electron chi connectivity index (χ2n) is 7.15. The van der Waals surface area contributed by atoms with Crippen LogP contribution in [0.4, 0.5) is 0 Å². The molecule has 1 heterocycles. The molecule has 0 bridgehead atoms. The van der Waals surface area contributed by atoms with Crippen LogP contribution in [-0.4, -0.2) is 18.0 Å². The second kappa shape index (κ2) is 5.68. The largest absolute Gasteiger partial charge is 0.464 e. The zero-order valence-corrected chi connectivity index (χ0v) is 13.5. The highest BCUT2D eigenvalue weighted by molar-refractivity contribution is 5.89. The van der Waals surface area contributed by atoms with Crippen LogP contribution in [0.25, 0.3) is 11.0 Å². The highest BCUT2D eigenvalue weighted by Crippen LogP contribution is 2.31. The van der Waals surface area contributed by atoms with Crippen LogP contribution in [0.15, 0.2) is 22.8 Å². The molecule has 1 fully saturated rings. The van der Waals surface area contributed by atoms with E-state index in [0.717, 1.165) is 55.1 Å². The van der Waals surface area contributed by atoms with Gasteiger partial charge in [-0.15, -0.1) is 0 Å². The van der Waals surface area contributed by atoms with E-state index < -0.39 is 0 Å². The zero-order valence-electron chi connectivity index (χ0n) is 13.5. The van der Waals surface area contributed by atoms with Gasteiger partial charge >= 0.3 is 0 Å². The summed E-state index contributed by atoms with van der Waals surface area (Å²) in [6, 6.07) is 4.37. The number of hydrogen-bond donors (Lipinski definition) is 2. The van der Waals surface area contributed by atoms with Crippen molar-refractivity contribution in [1.82, 2.24) is 5.32 Å². The van der Waals surface area contributed by atoms with E-state index in [4.69, 9.17) is 10.2 Å². The molecule has 0 aliphatic heterocycles. The monoisotopic (exact) mass is 312 g/mol. The lowest BCUT2D eigenvalue weighted by atomic mass is 9.97. The third-order valence-corrected chi connectivity index (χ3v) is 5.58. The maximum atomic E-state index is 12.5. The average Bonchev–Trinajstić information content (AvgIpc) is 3.26. The van der Waals surface area contributed by atoms with E-state index in [0.29, 0.717) is 13.0 Å². The van der Waals surface area contributed by atoms with Gasteiger partial charge < -0.3 is 15.5 Å². The summed E-state index contributed by atoms with van der Waals surface area (Å²) >= 11 is 0. The third-order valence-electron chi connectivity index (χ3n) is 5.58. The number of carbonyl (C=O) groups is 1. The lowest BCUT2D eigenvalue weighted by Gasteiger charge is -2.28. The first kappa shape index (κ1) is 14.8. The Labute approximate surface area is 136 Å².